The Kier molecular flexibility index (Phi) is 5.99. The Bertz CT molecular complexity index is 996. The molecule has 0 aliphatic rings. The molecule has 0 bridgehead atoms. The van der Waals surface area contributed by atoms with E-state index in [0.29, 0.717) is 10.8 Å². The molecule has 0 amide bonds. The first-order valence-electron chi connectivity index (χ1n) is 8.74. The van der Waals surface area contributed by atoms with Gasteiger partial charge in [0.15, 0.2) is 0 Å². The third kappa shape index (κ3) is 4.58. The van der Waals surface area contributed by atoms with Crippen molar-refractivity contribution in [1.82, 2.24) is 14.3 Å². The second kappa shape index (κ2) is 8.25. The summed E-state index contributed by atoms with van der Waals surface area (Å²) in [6, 6.07) is 13.5. The van der Waals surface area contributed by atoms with Gasteiger partial charge in [-0.2, -0.15) is 4.72 Å². The maximum atomic E-state index is 13.0. The zero-order valence-corrected chi connectivity index (χ0v) is 16.8. The van der Waals surface area contributed by atoms with Crippen molar-refractivity contribution in [3.63, 3.8) is 0 Å². The van der Waals surface area contributed by atoms with Gasteiger partial charge in [-0.05, 0) is 41.8 Å². The highest BCUT2D eigenvalue weighted by Gasteiger charge is 2.25. The van der Waals surface area contributed by atoms with Crippen molar-refractivity contribution in [2.75, 3.05) is 0 Å². The Labute approximate surface area is 165 Å². The summed E-state index contributed by atoms with van der Waals surface area (Å²) in [5.41, 5.74) is 1.88. The van der Waals surface area contributed by atoms with Crippen LogP contribution < -0.4 is 4.72 Å². The molecule has 0 fully saturated rings. The van der Waals surface area contributed by atoms with E-state index in [0.717, 1.165) is 24.0 Å². The molecule has 7 heteroatoms. The molecular formula is C20H22ClN3O2S. The lowest BCUT2D eigenvalue weighted by molar-refractivity contribution is 0.563. The Hall–Kier alpha value is -2.15. The van der Waals surface area contributed by atoms with Crippen molar-refractivity contribution < 1.29 is 8.42 Å². The van der Waals surface area contributed by atoms with Crippen molar-refractivity contribution >= 4 is 21.6 Å². The summed E-state index contributed by atoms with van der Waals surface area (Å²) in [5, 5.41) is 0.590. The minimum Gasteiger partial charge on any atom is -0.336 e. The lowest BCUT2D eigenvalue weighted by Crippen LogP contribution is -2.31. The fraction of sp³-hybridized carbons (Fsp3) is 0.250. The molecule has 27 heavy (non-hydrogen) atoms. The number of nitrogens with one attached hydrogen (secondary N) is 1. The summed E-state index contributed by atoms with van der Waals surface area (Å²) in [6.07, 6.45) is 5.37. The number of aryl methyl sites for hydroxylation is 2. The molecule has 0 spiro atoms. The fourth-order valence-corrected chi connectivity index (χ4v) is 4.24. The molecule has 0 aliphatic heterocycles. The molecule has 0 saturated heterocycles. The largest absolute Gasteiger partial charge is 0.336 e. The first kappa shape index (κ1) is 19.6. The minimum absolute atomic E-state index is 0.232. The number of imidazole rings is 1. The number of halogens is 1. The number of hydrogen-bond acceptors (Lipinski definition) is 3. The molecule has 2 aromatic carbocycles. The molecule has 1 aromatic heterocycles. The van der Waals surface area contributed by atoms with Crippen molar-refractivity contribution in [2.24, 2.45) is 7.05 Å². The van der Waals surface area contributed by atoms with E-state index in [-0.39, 0.29) is 4.90 Å². The Morgan fingerprint density at radius 2 is 1.78 bits per heavy atom. The molecule has 142 valence electrons. The van der Waals surface area contributed by atoms with Crippen molar-refractivity contribution in [3.05, 3.63) is 82.9 Å². The highest BCUT2D eigenvalue weighted by Crippen LogP contribution is 2.25. The summed E-state index contributed by atoms with van der Waals surface area (Å²) in [4.78, 5) is 4.57. The van der Waals surface area contributed by atoms with E-state index in [4.69, 9.17) is 11.6 Å². The van der Waals surface area contributed by atoms with Gasteiger partial charge >= 0.3 is 0 Å². The standard InChI is InChI=1S/C20H22ClN3O2S/c1-3-4-15-5-11-18(12-6-15)27(25,26)23-19(20-22-13-14-24(20)2)16-7-9-17(21)10-8-16/h5-14,19,23H,3-4H2,1-2H3. The molecule has 1 N–H and O–H groups in total. The fourth-order valence-electron chi connectivity index (χ4n) is 2.93. The molecule has 5 nitrogen and oxygen atoms in total. The van der Waals surface area contributed by atoms with Crippen LogP contribution in [-0.4, -0.2) is 18.0 Å². The van der Waals surface area contributed by atoms with Crippen molar-refractivity contribution in [3.8, 4) is 0 Å². The molecule has 1 heterocycles. The van der Waals surface area contributed by atoms with E-state index in [1.807, 2.05) is 19.2 Å². The lowest BCUT2D eigenvalue weighted by Gasteiger charge is -2.19. The van der Waals surface area contributed by atoms with Crippen LogP contribution in [0.2, 0.25) is 5.02 Å². The van der Waals surface area contributed by atoms with E-state index in [1.165, 1.54) is 0 Å². The van der Waals surface area contributed by atoms with Crippen LogP contribution in [0.25, 0.3) is 0 Å². The number of nitrogens with zero attached hydrogens (tertiary/aromatic N) is 2. The van der Waals surface area contributed by atoms with Crippen LogP contribution in [0.4, 0.5) is 0 Å². The molecule has 1 atom stereocenters. The molecule has 0 radical (unpaired) electrons. The monoisotopic (exact) mass is 403 g/mol. The van der Waals surface area contributed by atoms with E-state index < -0.39 is 16.1 Å². The number of sulfonamides is 1. The summed E-state index contributed by atoms with van der Waals surface area (Å²) < 4.78 is 30.6. The highest BCUT2D eigenvalue weighted by molar-refractivity contribution is 7.89. The topological polar surface area (TPSA) is 64.0 Å². The molecule has 1 unspecified atom stereocenters. The summed E-state index contributed by atoms with van der Waals surface area (Å²) >= 11 is 5.98. The predicted octanol–water partition coefficient (Wildman–Crippen LogP) is 4.09. The number of aromatic nitrogens is 2. The second-order valence-corrected chi connectivity index (χ2v) is 8.55. The summed E-state index contributed by atoms with van der Waals surface area (Å²) in [5.74, 6) is 0.600. The van der Waals surface area contributed by atoms with Crippen LogP contribution in [0, 0.1) is 0 Å². The van der Waals surface area contributed by atoms with Gasteiger partial charge < -0.3 is 4.57 Å². The number of benzene rings is 2. The quantitative estimate of drug-likeness (QED) is 0.646. The molecule has 3 rings (SSSR count). The Balaban J connectivity index is 1.95. The summed E-state index contributed by atoms with van der Waals surface area (Å²) in [6.45, 7) is 2.09. The lowest BCUT2D eigenvalue weighted by atomic mass is 10.1. The highest BCUT2D eigenvalue weighted by atomic mass is 35.5. The average Bonchev–Trinajstić information content (AvgIpc) is 3.07. The van der Waals surface area contributed by atoms with Crippen LogP contribution in [-0.2, 0) is 23.5 Å². The SMILES string of the molecule is CCCc1ccc(S(=O)(=O)NC(c2ccc(Cl)cc2)c2nccn2C)cc1. The second-order valence-electron chi connectivity index (χ2n) is 6.40. The zero-order valence-electron chi connectivity index (χ0n) is 15.3. The minimum atomic E-state index is -3.73. The van der Waals surface area contributed by atoms with Gasteiger partial charge in [0.05, 0.1) is 4.90 Å². The predicted molar refractivity (Wildman–Crippen MR) is 107 cm³/mol. The Morgan fingerprint density at radius 3 is 2.33 bits per heavy atom. The first-order chi connectivity index (χ1) is 12.9. The smallest absolute Gasteiger partial charge is 0.241 e. The summed E-state index contributed by atoms with van der Waals surface area (Å²) in [7, 11) is -1.90. The van der Waals surface area contributed by atoms with Crippen LogP contribution >= 0.6 is 11.6 Å². The van der Waals surface area contributed by atoms with Crippen LogP contribution in [0.5, 0.6) is 0 Å². The van der Waals surface area contributed by atoms with Gasteiger partial charge in [-0.15, -0.1) is 0 Å². The number of rotatable bonds is 7. The van der Waals surface area contributed by atoms with Gasteiger partial charge in [0.25, 0.3) is 0 Å². The zero-order chi connectivity index (χ0) is 19.4. The third-order valence-electron chi connectivity index (χ3n) is 4.37. The molecule has 0 saturated carbocycles. The van der Waals surface area contributed by atoms with E-state index in [1.54, 1.807) is 53.4 Å². The van der Waals surface area contributed by atoms with E-state index >= 15 is 0 Å². The maximum Gasteiger partial charge on any atom is 0.241 e. The molecule has 0 aliphatic carbocycles. The van der Waals surface area contributed by atoms with Gasteiger partial charge in [0, 0.05) is 24.5 Å². The van der Waals surface area contributed by atoms with Crippen molar-refractivity contribution in [1.29, 1.82) is 0 Å². The van der Waals surface area contributed by atoms with Crippen LogP contribution in [0.3, 0.4) is 0 Å². The van der Waals surface area contributed by atoms with E-state index in [9.17, 15) is 8.42 Å². The van der Waals surface area contributed by atoms with E-state index in [2.05, 4.69) is 16.6 Å². The van der Waals surface area contributed by atoms with Gasteiger partial charge in [0.2, 0.25) is 10.0 Å². The van der Waals surface area contributed by atoms with Gasteiger partial charge in [0.1, 0.15) is 11.9 Å². The number of hydrogen-bond donors (Lipinski definition) is 1. The average molecular weight is 404 g/mol. The maximum absolute atomic E-state index is 13.0. The normalized spacial score (nSPS) is 12.9. The van der Waals surface area contributed by atoms with Crippen LogP contribution in [0.15, 0.2) is 65.8 Å². The van der Waals surface area contributed by atoms with Gasteiger partial charge in [-0.3, -0.25) is 0 Å². The van der Waals surface area contributed by atoms with Gasteiger partial charge in [-0.25, -0.2) is 13.4 Å². The third-order valence-corrected chi connectivity index (χ3v) is 6.06. The van der Waals surface area contributed by atoms with Gasteiger partial charge in [-0.1, -0.05) is 49.2 Å². The van der Waals surface area contributed by atoms with Crippen LogP contribution in [0.1, 0.15) is 36.3 Å². The Morgan fingerprint density at radius 1 is 1.11 bits per heavy atom. The van der Waals surface area contributed by atoms with Crippen molar-refractivity contribution in [2.45, 2.75) is 30.7 Å². The molecular weight excluding hydrogens is 382 g/mol. The molecule has 3 aromatic rings. The first-order valence-corrected chi connectivity index (χ1v) is 10.6.